The summed E-state index contributed by atoms with van der Waals surface area (Å²) in [5, 5.41) is -0.127. The lowest BCUT2D eigenvalue weighted by molar-refractivity contribution is -0.117. The molecule has 16 heavy (non-hydrogen) atoms. The van der Waals surface area contributed by atoms with E-state index in [1.807, 2.05) is 0 Å². The van der Waals surface area contributed by atoms with Gasteiger partial charge in [0.15, 0.2) is 5.82 Å². The maximum Gasteiger partial charge on any atom is 0.228 e. The summed E-state index contributed by atoms with van der Waals surface area (Å²) in [6.45, 7) is 0.315. The molecule has 0 bridgehead atoms. The molecule has 0 spiro atoms. The Bertz CT molecular complexity index is 453. The van der Waals surface area contributed by atoms with Crippen LogP contribution in [-0.2, 0) is 4.79 Å². The molecule has 1 unspecified atom stereocenters. The molecule has 0 aromatic heterocycles. The van der Waals surface area contributed by atoms with E-state index >= 15 is 0 Å². The van der Waals surface area contributed by atoms with Gasteiger partial charge in [-0.25, -0.2) is 8.78 Å². The predicted molar refractivity (Wildman–Crippen MR) is 60.5 cm³/mol. The van der Waals surface area contributed by atoms with Crippen LogP contribution < -0.4 is 10.6 Å². The maximum absolute atomic E-state index is 13.2. The monoisotopic (exact) mass is 244 g/mol. The molecule has 2 N–H and O–H groups in total. The molecule has 0 aliphatic carbocycles. The van der Waals surface area contributed by atoms with Crippen molar-refractivity contribution in [1.82, 2.24) is 0 Å². The topological polar surface area (TPSA) is 46.3 Å². The summed E-state index contributed by atoms with van der Waals surface area (Å²) in [4.78, 5) is 12.8. The third-order valence-electron chi connectivity index (χ3n) is 2.47. The molecule has 1 aromatic carbocycles. The van der Waals surface area contributed by atoms with Crippen LogP contribution in [0.5, 0.6) is 0 Å². The maximum atomic E-state index is 13.2. The Kier molecular flexibility index (Phi) is 2.75. The third kappa shape index (κ3) is 1.84. The molecule has 86 valence electrons. The van der Waals surface area contributed by atoms with Crippen LogP contribution in [0, 0.1) is 11.6 Å². The number of carbonyl (C=O) groups excluding carboxylic acids is 1. The lowest BCUT2D eigenvalue weighted by Crippen LogP contribution is -2.26. The van der Waals surface area contributed by atoms with Crippen molar-refractivity contribution in [3.05, 3.63) is 23.8 Å². The molecule has 1 heterocycles. The van der Waals surface area contributed by atoms with Crippen LogP contribution in [0.2, 0.25) is 0 Å². The SMILES string of the molecule is Nc1c(F)cc(F)cc1N1CC(S)CC1=O. The summed E-state index contributed by atoms with van der Waals surface area (Å²) < 4.78 is 26.2. The highest BCUT2D eigenvalue weighted by molar-refractivity contribution is 7.81. The van der Waals surface area contributed by atoms with Crippen molar-refractivity contribution >= 4 is 29.9 Å². The number of carbonyl (C=O) groups is 1. The van der Waals surface area contributed by atoms with Gasteiger partial charge in [-0.15, -0.1) is 0 Å². The lowest BCUT2D eigenvalue weighted by Gasteiger charge is -2.18. The van der Waals surface area contributed by atoms with Crippen LogP contribution in [-0.4, -0.2) is 17.7 Å². The van der Waals surface area contributed by atoms with Crippen LogP contribution in [0.1, 0.15) is 6.42 Å². The van der Waals surface area contributed by atoms with Crippen molar-refractivity contribution in [1.29, 1.82) is 0 Å². The highest BCUT2D eigenvalue weighted by atomic mass is 32.1. The zero-order valence-electron chi connectivity index (χ0n) is 8.28. The van der Waals surface area contributed by atoms with Gasteiger partial charge in [0.2, 0.25) is 5.91 Å². The quantitative estimate of drug-likeness (QED) is 0.582. The first-order chi connectivity index (χ1) is 7.49. The first kappa shape index (κ1) is 11.2. The molecule has 1 fully saturated rings. The number of nitrogens with two attached hydrogens (primary N) is 1. The van der Waals surface area contributed by atoms with Crippen molar-refractivity contribution in [2.24, 2.45) is 0 Å². The number of amides is 1. The molecular weight excluding hydrogens is 234 g/mol. The Hall–Kier alpha value is -1.30. The predicted octanol–water partition coefficient (Wildman–Crippen LogP) is 1.58. The molecule has 1 atom stereocenters. The second kappa shape index (κ2) is 3.93. The number of nitrogen functional groups attached to an aromatic ring is 1. The number of halogens is 2. The molecule has 1 amide bonds. The second-order valence-electron chi connectivity index (χ2n) is 3.68. The van der Waals surface area contributed by atoms with E-state index in [-0.39, 0.29) is 29.0 Å². The first-order valence-corrected chi connectivity index (χ1v) is 5.23. The lowest BCUT2D eigenvalue weighted by atomic mass is 10.2. The summed E-state index contributed by atoms with van der Waals surface area (Å²) >= 11 is 4.16. The van der Waals surface area contributed by atoms with E-state index in [0.29, 0.717) is 12.6 Å². The van der Waals surface area contributed by atoms with E-state index in [2.05, 4.69) is 12.6 Å². The van der Waals surface area contributed by atoms with Gasteiger partial charge in [0, 0.05) is 24.3 Å². The van der Waals surface area contributed by atoms with E-state index in [9.17, 15) is 13.6 Å². The molecule has 0 saturated carbocycles. The van der Waals surface area contributed by atoms with Crippen molar-refractivity contribution in [2.75, 3.05) is 17.2 Å². The van der Waals surface area contributed by atoms with E-state index in [1.54, 1.807) is 0 Å². The summed E-state index contributed by atoms with van der Waals surface area (Å²) in [5.74, 6) is -1.83. The standard InChI is InChI=1S/C10H10F2N2OS/c11-5-1-7(12)10(13)8(2-5)14-4-6(16)3-9(14)15/h1-2,6,16H,3-4,13H2. The van der Waals surface area contributed by atoms with Crippen molar-refractivity contribution in [3.8, 4) is 0 Å². The molecular formula is C10H10F2N2OS. The van der Waals surface area contributed by atoms with Crippen molar-refractivity contribution < 1.29 is 13.6 Å². The molecule has 6 heteroatoms. The molecule has 1 aliphatic rings. The van der Waals surface area contributed by atoms with Gasteiger partial charge >= 0.3 is 0 Å². The Labute approximate surface area is 96.6 Å². The number of thiol groups is 1. The van der Waals surface area contributed by atoms with E-state index in [4.69, 9.17) is 5.73 Å². The summed E-state index contributed by atoms with van der Waals surface area (Å²) in [6.07, 6.45) is 0.251. The van der Waals surface area contributed by atoms with E-state index in [0.717, 1.165) is 6.07 Å². The van der Waals surface area contributed by atoms with Gasteiger partial charge in [0.05, 0.1) is 11.4 Å². The number of nitrogens with zero attached hydrogens (tertiary/aromatic N) is 1. The van der Waals surface area contributed by atoms with Gasteiger partial charge in [0.1, 0.15) is 5.82 Å². The molecule has 1 saturated heterocycles. The minimum atomic E-state index is -0.856. The average Bonchev–Trinajstić information content (AvgIpc) is 2.51. The highest BCUT2D eigenvalue weighted by Gasteiger charge is 2.30. The van der Waals surface area contributed by atoms with Crippen LogP contribution >= 0.6 is 12.6 Å². The number of anilines is 2. The fourth-order valence-electron chi connectivity index (χ4n) is 1.72. The minimum Gasteiger partial charge on any atom is -0.395 e. The van der Waals surface area contributed by atoms with Crippen LogP contribution in [0.4, 0.5) is 20.2 Å². The van der Waals surface area contributed by atoms with Gasteiger partial charge in [-0.05, 0) is 6.07 Å². The third-order valence-corrected chi connectivity index (χ3v) is 2.81. The van der Waals surface area contributed by atoms with Gasteiger partial charge < -0.3 is 10.6 Å². The van der Waals surface area contributed by atoms with Crippen molar-refractivity contribution in [3.63, 3.8) is 0 Å². The minimum absolute atomic E-state index is 0.0825. The van der Waals surface area contributed by atoms with Crippen LogP contribution in [0.3, 0.4) is 0 Å². The van der Waals surface area contributed by atoms with Gasteiger partial charge in [0.25, 0.3) is 0 Å². The number of rotatable bonds is 1. The number of benzene rings is 1. The van der Waals surface area contributed by atoms with Gasteiger partial charge in [-0.1, -0.05) is 0 Å². The molecule has 2 rings (SSSR count). The largest absolute Gasteiger partial charge is 0.395 e. The van der Waals surface area contributed by atoms with Gasteiger partial charge in [-0.3, -0.25) is 4.79 Å². The Balaban J connectivity index is 2.44. The normalized spacial score (nSPS) is 20.6. The van der Waals surface area contributed by atoms with Gasteiger partial charge in [-0.2, -0.15) is 12.6 Å². The summed E-state index contributed by atoms with van der Waals surface area (Å²) in [6, 6.07) is 1.75. The number of hydrogen-bond donors (Lipinski definition) is 2. The Morgan fingerprint density at radius 2 is 2.12 bits per heavy atom. The van der Waals surface area contributed by atoms with Crippen molar-refractivity contribution in [2.45, 2.75) is 11.7 Å². The average molecular weight is 244 g/mol. The Morgan fingerprint density at radius 3 is 2.69 bits per heavy atom. The van der Waals surface area contributed by atoms with Crippen LogP contribution in [0.15, 0.2) is 12.1 Å². The fourth-order valence-corrected chi connectivity index (χ4v) is 2.04. The fraction of sp³-hybridized carbons (Fsp3) is 0.300. The number of hydrogen-bond acceptors (Lipinski definition) is 3. The smallest absolute Gasteiger partial charge is 0.228 e. The summed E-state index contributed by atoms with van der Waals surface area (Å²) in [5.41, 5.74) is 5.35. The highest BCUT2D eigenvalue weighted by Crippen LogP contribution is 2.31. The zero-order chi connectivity index (χ0) is 11.9. The molecule has 0 radical (unpaired) electrons. The summed E-state index contributed by atoms with van der Waals surface area (Å²) in [7, 11) is 0. The van der Waals surface area contributed by atoms with E-state index in [1.165, 1.54) is 4.90 Å². The first-order valence-electron chi connectivity index (χ1n) is 4.72. The molecule has 1 aromatic rings. The molecule has 1 aliphatic heterocycles. The van der Waals surface area contributed by atoms with Crippen LogP contribution in [0.25, 0.3) is 0 Å². The molecule has 3 nitrogen and oxygen atoms in total. The van der Waals surface area contributed by atoms with E-state index < -0.39 is 11.6 Å². The zero-order valence-corrected chi connectivity index (χ0v) is 9.18. The second-order valence-corrected chi connectivity index (χ2v) is 4.41. The Morgan fingerprint density at radius 1 is 1.44 bits per heavy atom.